The van der Waals surface area contributed by atoms with Gasteiger partial charge in [-0.3, -0.25) is 4.79 Å². The molecule has 0 saturated carbocycles. The smallest absolute Gasteiger partial charge is 0.253 e. The maximum atomic E-state index is 12.4. The third kappa shape index (κ3) is 3.80. The number of benzene rings is 1. The highest BCUT2D eigenvalue weighted by molar-refractivity contribution is 9.10. The van der Waals surface area contributed by atoms with Crippen molar-refractivity contribution in [2.45, 2.75) is 19.8 Å². The fourth-order valence-corrected chi connectivity index (χ4v) is 2.88. The van der Waals surface area contributed by atoms with Crippen molar-refractivity contribution in [2.75, 3.05) is 26.7 Å². The molecule has 0 aromatic heterocycles. The van der Waals surface area contributed by atoms with E-state index in [-0.39, 0.29) is 5.91 Å². The van der Waals surface area contributed by atoms with Gasteiger partial charge in [-0.15, -0.1) is 0 Å². The number of carbonyl (C=O) groups is 1. The third-order valence-electron chi connectivity index (χ3n) is 3.70. The number of piperidine rings is 1. The molecule has 0 aliphatic carbocycles. The Kier molecular flexibility index (Phi) is 4.99. The summed E-state index contributed by atoms with van der Waals surface area (Å²) in [4.78, 5) is 14.2. The van der Waals surface area contributed by atoms with Gasteiger partial charge in [-0.05, 0) is 56.5 Å². The molecule has 1 amide bonds. The zero-order chi connectivity index (χ0) is 13.8. The van der Waals surface area contributed by atoms with E-state index in [2.05, 4.69) is 21.2 Å². The van der Waals surface area contributed by atoms with E-state index in [4.69, 9.17) is 0 Å². The van der Waals surface area contributed by atoms with Crippen molar-refractivity contribution in [3.8, 4) is 0 Å². The molecule has 19 heavy (non-hydrogen) atoms. The van der Waals surface area contributed by atoms with Gasteiger partial charge in [-0.2, -0.15) is 0 Å². The minimum absolute atomic E-state index is 0.103. The number of amides is 1. The summed E-state index contributed by atoms with van der Waals surface area (Å²) in [6, 6.07) is 5.79. The van der Waals surface area contributed by atoms with E-state index in [1.54, 1.807) is 0 Å². The van der Waals surface area contributed by atoms with Crippen LogP contribution in [0.3, 0.4) is 0 Å². The lowest BCUT2D eigenvalue weighted by atomic mass is 9.99. The van der Waals surface area contributed by atoms with Crippen molar-refractivity contribution < 1.29 is 4.79 Å². The van der Waals surface area contributed by atoms with Gasteiger partial charge in [-0.25, -0.2) is 0 Å². The Morgan fingerprint density at radius 2 is 2.32 bits per heavy atom. The first-order valence-corrected chi connectivity index (χ1v) is 7.59. The van der Waals surface area contributed by atoms with Gasteiger partial charge < -0.3 is 10.2 Å². The largest absolute Gasteiger partial charge is 0.341 e. The van der Waals surface area contributed by atoms with Gasteiger partial charge in [0.1, 0.15) is 0 Å². The van der Waals surface area contributed by atoms with Gasteiger partial charge in [0.15, 0.2) is 0 Å². The Morgan fingerprint density at radius 3 is 2.95 bits per heavy atom. The van der Waals surface area contributed by atoms with Crippen LogP contribution in [0.4, 0.5) is 0 Å². The highest BCUT2D eigenvalue weighted by atomic mass is 79.9. The predicted octanol–water partition coefficient (Wildman–Crippen LogP) is 2.83. The second-order valence-corrected chi connectivity index (χ2v) is 6.22. The average molecular weight is 325 g/mol. The molecule has 2 rings (SSSR count). The molecule has 0 radical (unpaired) electrons. The van der Waals surface area contributed by atoms with Crippen molar-refractivity contribution in [3.05, 3.63) is 33.8 Å². The van der Waals surface area contributed by atoms with Crippen LogP contribution in [0.25, 0.3) is 0 Å². The fraction of sp³-hybridized carbons (Fsp3) is 0.533. The molecule has 1 atom stereocenters. The van der Waals surface area contributed by atoms with Crippen LogP contribution >= 0.6 is 15.9 Å². The van der Waals surface area contributed by atoms with Gasteiger partial charge in [0, 0.05) is 23.6 Å². The number of nitrogens with zero attached hydrogens (tertiary/aromatic N) is 1. The third-order valence-corrected chi connectivity index (χ3v) is 4.55. The topological polar surface area (TPSA) is 32.3 Å². The number of hydrogen-bond donors (Lipinski definition) is 1. The first kappa shape index (κ1) is 14.5. The SMILES string of the molecule is Cc1ccc(C(=O)N(C)CC2CCCNC2)cc1Br. The van der Waals surface area contributed by atoms with Gasteiger partial charge in [0.05, 0.1) is 0 Å². The van der Waals surface area contributed by atoms with Crippen LogP contribution in [0, 0.1) is 12.8 Å². The van der Waals surface area contributed by atoms with Crippen LogP contribution in [-0.2, 0) is 0 Å². The van der Waals surface area contributed by atoms with Crippen molar-refractivity contribution >= 4 is 21.8 Å². The maximum absolute atomic E-state index is 12.4. The number of aryl methyl sites for hydroxylation is 1. The highest BCUT2D eigenvalue weighted by Crippen LogP contribution is 2.19. The average Bonchev–Trinajstić information content (AvgIpc) is 2.42. The van der Waals surface area contributed by atoms with Gasteiger partial charge in [-0.1, -0.05) is 22.0 Å². The molecule has 0 spiro atoms. The molecule has 104 valence electrons. The number of carbonyl (C=O) groups excluding carboxylic acids is 1. The van der Waals surface area contributed by atoms with Crippen molar-refractivity contribution in [1.82, 2.24) is 10.2 Å². The lowest BCUT2D eigenvalue weighted by Gasteiger charge is -2.27. The first-order chi connectivity index (χ1) is 9.08. The van der Waals surface area contributed by atoms with E-state index in [9.17, 15) is 4.79 Å². The monoisotopic (exact) mass is 324 g/mol. The highest BCUT2D eigenvalue weighted by Gasteiger charge is 2.19. The van der Waals surface area contributed by atoms with E-state index >= 15 is 0 Å². The van der Waals surface area contributed by atoms with Gasteiger partial charge in [0.25, 0.3) is 5.91 Å². The Bertz CT molecular complexity index is 455. The quantitative estimate of drug-likeness (QED) is 0.927. The van der Waals surface area contributed by atoms with E-state index in [0.29, 0.717) is 5.92 Å². The molecule has 1 aromatic carbocycles. The van der Waals surface area contributed by atoms with E-state index in [0.717, 1.165) is 35.2 Å². The van der Waals surface area contributed by atoms with Crippen LogP contribution in [0.1, 0.15) is 28.8 Å². The zero-order valence-corrected chi connectivity index (χ0v) is 13.2. The molecular formula is C15H21BrN2O. The summed E-state index contributed by atoms with van der Waals surface area (Å²) in [6.45, 7) is 4.99. The summed E-state index contributed by atoms with van der Waals surface area (Å²) in [5, 5.41) is 3.39. The van der Waals surface area contributed by atoms with Crippen LogP contribution in [0.2, 0.25) is 0 Å². The number of halogens is 1. The molecule has 1 N–H and O–H groups in total. The van der Waals surface area contributed by atoms with Crippen molar-refractivity contribution in [3.63, 3.8) is 0 Å². The summed E-state index contributed by atoms with van der Waals surface area (Å²) in [5.74, 6) is 0.683. The van der Waals surface area contributed by atoms with Crippen LogP contribution in [-0.4, -0.2) is 37.5 Å². The minimum Gasteiger partial charge on any atom is -0.341 e. The normalized spacial score (nSPS) is 19.2. The Labute approximate surface area is 123 Å². The van der Waals surface area contributed by atoms with Gasteiger partial charge in [0.2, 0.25) is 0 Å². The molecule has 0 bridgehead atoms. The maximum Gasteiger partial charge on any atom is 0.253 e. The lowest BCUT2D eigenvalue weighted by Crippen LogP contribution is -2.39. The number of nitrogens with one attached hydrogen (secondary N) is 1. The summed E-state index contributed by atoms with van der Waals surface area (Å²) in [5.41, 5.74) is 1.90. The molecule has 1 aromatic rings. The molecule has 1 aliphatic heterocycles. The molecule has 1 heterocycles. The van der Waals surface area contributed by atoms with Gasteiger partial charge >= 0.3 is 0 Å². The summed E-state index contributed by atoms with van der Waals surface area (Å²) >= 11 is 3.48. The summed E-state index contributed by atoms with van der Waals surface area (Å²) in [6.07, 6.45) is 2.42. The Balaban J connectivity index is 1.99. The van der Waals surface area contributed by atoms with E-state index < -0.39 is 0 Å². The molecule has 1 aliphatic rings. The standard InChI is InChI=1S/C15H21BrN2O/c1-11-5-6-13(8-14(11)16)15(19)18(2)10-12-4-3-7-17-9-12/h5-6,8,12,17H,3-4,7,9-10H2,1-2H3. The van der Waals surface area contributed by atoms with Crippen molar-refractivity contribution in [2.24, 2.45) is 5.92 Å². The second kappa shape index (κ2) is 6.53. The molecule has 1 fully saturated rings. The Morgan fingerprint density at radius 1 is 1.53 bits per heavy atom. The van der Waals surface area contributed by atoms with Crippen molar-refractivity contribution in [1.29, 1.82) is 0 Å². The molecule has 1 unspecified atom stereocenters. The van der Waals surface area contributed by atoms with Crippen LogP contribution < -0.4 is 5.32 Å². The molecule has 3 nitrogen and oxygen atoms in total. The molecule has 1 saturated heterocycles. The van der Waals surface area contributed by atoms with E-state index in [1.807, 2.05) is 37.1 Å². The first-order valence-electron chi connectivity index (χ1n) is 6.80. The fourth-order valence-electron chi connectivity index (χ4n) is 2.50. The zero-order valence-electron chi connectivity index (χ0n) is 11.6. The predicted molar refractivity (Wildman–Crippen MR) is 81.4 cm³/mol. The minimum atomic E-state index is 0.103. The second-order valence-electron chi connectivity index (χ2n) is 5.36. The van der Waals surface area contributed by atoms with E-state index in [1.165, 1.54) is 12.8 Å². The number of rotatable bonds is 3. The summed E-state index contributed by atoms with van der Waals surface area (Å²) < 4.78 is 0.992. The van der Waals surface area contributed by atoms with Crippen LogP contribution in [0.15, 0.2) is 22.7 Å². The molecule has 4 heteroatoms. The number of hydrogen-bond acceptors (Lipinski definition) is 2. The lowest BCUT2D eigenvalue weighted by molar-refractivity contribution is 0.0764. The Hall–Kier alpha value is -0.870. The van der Waals surface area contributed by atoms with Crippen LogP contribution in [0.5, 0.6) is 0 Å². The molecular weight excluding hydrogens is 304 g/mol. The summed E-state index contributed by atoms with van der Waals surface area (Å²) in [7, 11) is 1.89.